The smallest absolute Gasteiger partial charge is 0.0761 e. The van der Waals surface area contributed by atoms with E-state index in [0.717, 1.165) is 23.7 Å². The first-order valence-corrected chi connectivity index (χ1v) is 6.92. The van der Waals surface area contributed by atoms with Crippen molar-refractivity contribution in [3.05, 3.63) is 29.0 Å². The molecule has 2 unspecified atom stereocenters. The molecule has 2 nitrogen and oxygen atoms in total. The van der Waals surface area contributed by atoms with Crippen molar-refractivity contribution in [1.29, 1.82) is 0 Å². The van der Waals surface area contributed by atoms with Crippen LogP contribution in [0.15, 0.2) is 18.3 Å². The molecule has 96 valence electrons. The van der Waals surface area contributed by atoms with Crippen molar-refractivity contribution in [3.8, 4) is 0 Å². The van der Waals surface area contributed by atoms with E-state index in [1.165, 1.54) is 12.8 Å². The highest BCUT2D eigenvalue weighted by Crippen LogP contribution is 2.28. The van der Waals surface area contributed by atoms with Crippen LogP contribution < -0.4 is 5.32 Å². The molecular formula is C14H23ClN2. The van der Waals surface area contributed by atoms with Crippen LogP contribution in [0.5, 0.6) is 0 Å². The maximum atomic E-state index is 6.24. The van der Waals surface area contributed by atoms with E-state index in [-0.39, 0.29) is 6.04 Å². The van der Waals surface area contributed by atoms with Crippen molar-refractivity contribution < 1.29 is 0 Å². The lowest BCUT2D eigenvalue weighted by molar-refractivity contribution is 0.357. The van der Waals surface area contributed by atoms with Crippen molar-refractivity contribution in [2.24, 2.45) is 5.92 Å². The zero-order valence-corrected chi connectivity index (χ0v) is 11.8. The Morgan fingerprint density at radius 3 is 2.71 bits per heavy atom. The second kappa shape index (κ2) is 7.67. The molecule has 17 heavy (non-hydrogen) atoms. The highest BCUT2D eigenvalue weighted by Gasteiger charge is 2.21. The second-order valence-electron chi connectivity index (χ2n) is 4.57. The molecule has 0 aliphatic carbocycles. The minimum Gasteiger partial charge on any atom is -0.308 e. The van der Waals surface area contributed by atoms with Gasteiger partial charge in [-0.15, -0.1) is 0 Å². The fourth-order valence-corrected chi connectivity index (χ4v) is 2.36. The second-order valence-corrected chi connectivity index (χ2v) is 4.98. The average molecular weight is 255 g/mol. The Bertz CT molecular complexity index is 328. The zero-order chi connectivity index (χ0) is 12.7. The summed E-state index contributed by atoms with van der Waals surface area (Å²) < 4.78 is 0. The molecule has 2 atom stereocenters. The highest BCUT2D eigenvalue weighted by molar-refractivity contribution is 6.31. The van der Waals surface area contributed by atoms with Crippen LogP contribution in [0, 0.1) is 5.92 Å². The molecule has 0 spiro atoms. The third kappa shape index (κ3) is 4.29. The summed E-state index contributed by atoms with van der Waals surface area (Å²) in [6, 6.07) is 4.07. The predicted molar refractivity (Wildman–Crippen MR) is 74.4 cm³/mol. The summed E-state index contributed by atoms with van der Waals surface area (Å²) in [7, 11) is 0. The van der Waals surface area contributed by atoms with Gasteiger partial charge in [0.25, 0.3) is 0 Å². The van der Waals surface area contributed by atoms with Crippen LogP contribution in [0.4, 0.5) is 0 Å². The Hall–Kier alpha value is -0.600. The Kier molecular flexibility index (Phi) is 6.53. The van der Waals surface area contributed by atoms with Gasteiger partial charge in [-0.1, -0.05) is 38.8 Å². The van der Waals surface area contributed by atoms with E-state index in [4.69, 9.17) is 11.6 Å². The van der Waals surface area contributed by atoms with Gasteiger partial charge in [-0.05, 0) is 37.4 Å². The van der Waals surface area contributed by atoms with Crippen molar-refractivity contribution in [1.82, 2.24) is 10.3 Å². The molecule has 0 radical (unpaired) electrons. The summed E-state index contributed by atoms with van der Waals surface area (Å²) in [6.07, 6.45) is 5.32. The van der Waals surface area contributed by atoms with Gasteiger partial charge in [0.15, 0.2) is 0 Å². The number of halogens is 1. The summed E-state index contributed by atoms with van der Waals surface area (Å²) in [4.78, 5) is 4.44. The predicted octanol–water partition coefficient (Wildman–Crippen LogP) is 4.21. The summed E-state index contributed by atoms with van der Waals surface area (Å²) in [5.74, 6) is 0.555. The molecule has 0 saturated carbocycles. The molecule has 3 heteroatoms. The van der Waals surface area contributed by atoms with Crippen molar-refractivity contribution in [2.45, 2.75) is 46.1 Å². The Morgan fingerprint density at radius 2 is 2.12 bits per heavy atom. The van der Waals surface area contributed by atoms with Crippen LogP contribution in [-0.4, -0.2) is 11.5 Å². The quantitative estimate of drug-likeness (QED) is 0.788. The van der Waals surface area contributed by atoms with E-state index in [9.17, 15) is 0 Å². The molecule has 1 N–H and O–H groups in total. The van der Waals surface area contributed by atoms with Crippen LogP contribution in [0.1, 0.15) is 51.8 Å². The minimum absolute atomic E-state index is 0.267. The molecule has 1 rings (SSSR count). The largest absolute Gasteiger partial charge is 0.308 e. The van der Waals surface area contributed by atoms with E-state index >= 15 is 0 Å². The van der Waals surface area contributed by atoms with Gasteiger partial charge in [0.2, 0.25) is 0 Å². The summed E-state index contributed by atoms with van der Waals surface area (Å²) in [5, 5.41) is 4.33. The van der Waals surface area contributed by atoms with Crippen molar-refractivity contribution in [2.75, 3.05) is 6.54 Å². The number of nitrogens with zero attached hydrogens (tertiary/aromatic N) is 1. The Balaban J connectivity index is 2.85. The van der Waals surface area contributed by atoms with Gasteiger partial charge in [-0.25, -0.2) is 0 Å². The number of aromatic nitrogens is 1. The zero-order valence-electron chi connectivity index (χ0n) is 11.0. The van der Waals surface area contributed by atoms with Gasteiger partial charge in [-0.2, -0.15) is 0 Å². The summed E-state index contributed by atoms with van der Waals surface area (Å²) >= 11 is 6.24. The standard InChI is InChI=1S/C14H23ClN2/c1-4-7-11(3)13(16-9-5-2)14-12(15)8-6-10-17-14/h6,8,10-11,13,16H,4-5,7,9H2,1-3H3. The number of rotatable bonds is 7. The highest BCUT2D eigenvalue weighted by atomic mass is 35.5. The molecule has 0 amide bonds. The Morgan fingerprint density at radius 1 is 1.35 bits per heavy atom. The average Bonchev–Trinajstić information content (AvgIpc) is 2.32. The molecule has 1 heterocycles. The number of nitrogens with one attached hydrogen (secondary N) is 1. The topological polar surface area (TPSA) is 24.9 Å². The first kappa shape index (κ1) is 14.5. The molecule has 0 fully saturated rings. The van der Waals surface area contributed by atoms with E-state index in [1.807, 2.05) is 18.3 Å². The van der Waals surface area contributed by atoms with Crippen molar-refractivity contribution in [3.63, 3.8) is 0 Å². The van der Waals surface area contributed by atoms with Gasteiger partial charge in [0.1, 0.15) is 0 Å². The van der Waals surface area contributed by atoms with Crippen LogP contribution in [0.2, 0.25) is 5.02 Å². The number of hydrogen-bond donors (Lipinski definition) is 1. The number of pyridine rings is 1. The summed E-state index contributed by atoms with van der Waals surface area (Å²) in [5.41, 5.74) is 0.989. The van der Waals surface area contributed by atoms with E-state index < -0.39 is 0 Å². The van der Waals surface area contributed by atoms with Crippen molar-refractivity contribution >= 4 is 11.6 Å². The molecule has 0 aromatic carbocycles. The molecule has 0 aliphatic heterocycles. The van der Waals surface area contributed by atoms with Crippen LogP contribution >= 0.6 is 11.6 Å². The molecule has 0 saturated heterocycles. The fraction of sp³-hybridized carbons (Fsp3) is 0.643. The molecular weight excluding hydrogens is 232 g/mol. The van der Waals surface area contributed by atoms with Crippen LogP contribution in [0.25, 0.3) is 0 Å². The van der Waals surface area contributed by atoms with Gasteiger partial charge in [0, 0.05) is 6.20 Å². The molecule has 1 aromatic rings. The van der Waals surface area contributed by atoms with Crippen LogP contribution in [0.3, 0.4) is 0 Å². The minimum atomic E-state index is 0.267. The van der Waals surface area contributed by atoms with Gasteiger partial charge >= 0.3 is 0 Å². The lowest BCUT2D eigenvalue weighted by Gasteiger charge is -2.25. The van der Waals surface area contributed by atoms with Crippen LogP contribution in [-0.2, 0) is 0 Å². The lowest BCUT2D eigenvalue weighted by Crippen LogP contribution is -2.28. The molecule has 0 aliphatic rings. The molecule has 0 bridgehead atoms. The first-order valence-electron chi connectivity index (χ1n) is 6.54. The fourth-order valence-electron chi connectivity index (χ4n) is 2.12. The maximum absolute atomic E-state index is 6.24. The van der Waals surface area contributed by atoms with Gasteiger partial charge in [0.05, 0.1) is 16.8 Å². The molecule has 1 aromatic heterocycles. The summed E-state index contributed by atoms with van der Waals surface area (Å²) in [6.45, 7) is 7.66. The van der Waals surface area contributed by atoms with Gasteiger partial charge in [-0.3, -0.25) is 4.98 Å². The van der Waals surface area contributed by atoms with E-state index in [1.54, 1.807) is 0 Å². The Labute approximate surface area is 110 Å². The monoisotopic (exact) mass is 254 g/mol. The third-order valence-electron chi connectivity index (χ3n) is 3.01. The SMILES string of the molecule is CCCNC(c1ncccc1Cl)C(C)CCC. The normalized spacial score (nSPS) is 14.6. The number of hydrogen-bond acceptors (Lipinski definition) is 2. The van der Waals surface area contributed by atoms with E-state index in [0.29, 0.717) is 5.92 Å². The van der Waals surface area contributed by atoms with E-state index in [2.05, 4.69) is 31.1 Å². The maximum Gasteiger partial charge on any atom is 0.0761 e. The van der Waals surface area contributed by atoms with Gasteiger partial charge < -0.3 is 5.32 Å². The first-order chi connectivity index (χ1) is 8.20. The lowest BCUT2D eigenvalue weighted by atomic mass is 9.94. The third-order valence-corrected chi connectivity index (χ3v) is 3.33.